The summed E-state index contributed by atoms with van der Waals surface area (Å²) in [5, 5.41) is 0.699. The van der Waals surface area contributed by atoms with E-state index >= 15 is 0 Å². The molecule has 0 N–H and O–H groups in total. The zero-order valence-corrected chi connectivity index (χ0v) is 10.6. The van der Waals surface area contributed by atoms with Crippen LogP contribution in [0.1, 0.15) is 34.1 Å². The van der Waals surface area contributed by atoms with Crippen LogP contribution in [0.15, 0.2) is 0 Å². The summed E-state index contributed by atoms with van der Waals surface area (Å²) in [7, 11) is 0. The molecule has 0 bridgehead atoms. The van der Waals surface area contributed by atoms with Gasteiger partial charge in [0.15, 0.2) is 0 Å². The van der Waals surface area contributed by atoms with E-state index in [0.29, 0.717) is 11.7 Å². The number of hydrogen-bond donors (Lipinski definition) is 0. The Hall–Kier alpha value is -0.141. The molecule has 0 rings (SSSR count). The topological polar surface area (TPSA) is 34.1 Å². The van der Waals surface area contributed by atoms with Gasteiger partial charge in [0.25, 0.3) is 0 Å². The van der Waals surface area contributed by atoms with Crippen molar-refractivity contribution in [1.29, 1.82) is 0 Å². The number of ketones is 2. The van der Waals surface area contributed by atoms with Crippen molar-refractivity contribution in [2.45, 2.75) is 39.4 Å². The van der Waals surface area contributed by atoms with E-state index in [1.54, 1.807) is 6.92 Å². The van der Waals surface area contributed by atoms with Crippen LogP contribution in [-0.4, -0.2) is 27.6 Å². The van der Waals surface area contributed by atoms with Crippen molar-refractivity contribution < 1.29 is 9.59 Å². The molecular formula is C10H18O2Se. The molecule has 0 aliphatic carbocycles. The summed E-state index contributed by atoms with van der Waals surface area (Å²) >= 11 is 2.38. The van der Waals surface area contributed by atoms with Crippen molar-refractivity contribution in [3.8, 4) is 0 Å². The second kappa shape index (κ2) is 4.92. The van der Waals surface area contributed by atoms with Gasteiger partial charge in [-0.2, -0.15) is 0 Å². The fourth-order valence-electron chi connectivity index (χ4n) is 0.867. The Morgan fingerprint density at radius 2 is 1.77 bits per heavy atom. The van der Waals surface area contributed by atoms with E-state index in [1.807, 2.05) is 20.8 Å². The summed E-state index contributed by atoms with van der Waals surface area (Å²) in [6.07, 6.45) is 0.383. The molecule has 1 unspecified atom stereocenters. The molecule has 3 heteroatoms. The van der Waals surface area contributed by atoms with Gasteiger partial charge in [-0.3, -0.25) is 0 Å². The van der Waals surface area contributed by atoms with Crippen LogP contribution in [0.2, 0.25) is 5.32 Å². The average Bonchev–Trinajstić information content (AvgIpc) is 1.96. The molecule has 0 heterocycles. The van der Waals surface area contributed by atoms with Crippen molar-refractivity contribution >= 4 is 27.6 Å². The number of hydrogen-bond acceptors (Lipinski definition) is 2. The Morgan fingerprint density at radius 1 is 1.31 bits per heavy atom. The second-order valence-electron chi connectivity index (χ2n) is 4.37. The zero-order valence-electron chi connectivity index (χ0n) is 8.76. The van der Waals surface area contributed by atoms with Gasteiger partial charge in [0.2, 0.25) is 0 Å². The average molecular weight is 249 g/mol. The molecule has 0 fully saturated rings. The van der Waals surface area contributed by atoms with Gasteiger partial charge in [-0.15, -0.1) is 0 Å². The summed E-state index contributed by atoms with van der Waals surface area (Å²) < 4.78 is 0. The molecule has 0 aromatic heterocycles. The predicted molar refractivity (Wildman–Crippen MR) is 55.2 cm³/mol. The Kier molecular flexibility index (Phi) is 4.87. The molecule has 0 aliphatic rings. The number of Topliss-reactive ketones (excluding diaryl/α,β-unsaturated/α-hetero) is 2. The Labute approximate surface area is 88.3 Å². The molecule has 0 aliphatic heterocycles. The van der Waals surface area contributed by atoms with Gasteiger partial charge in [-0.25, -0.2) is 0 Å². The van der Waals surface area contributed by atoms with Gasteiger partial charge in [0, 0.05) is 0 Å². The molecule has 0 spiro atoms. The number of carbonyl (C=O) groups is 2. The first-order valence-electron chi connectivity index (χ1n) is 4.43. The molecule has 76 valence electrons. The summed E-state index contributed by atoms with van der Waals surface area (Å²) in [4.78, 5) is 22.7. The SMILES string of the molecule is CC(=O)C(C[SeH])CC(=O)C(C)(C)C. The third kappa shape index (κ3) is 4.58. The minimum absolute atomic E-state index is 0.105. The molecular weight excluding hydrogens is 231 g/mol. The van der Waals surface area contributed by atoms with Crippen LogP contribution in [-0.2, 0) is 9.59 Å². The van der Waals surface area contributed by atoms with Gasteiger partial charge >= 0.3 is 87.9 Å². The van der Waals surface area contributed by atoms with Crippen LogP contribution in [0.5, 0.6) is 0 Å². The van der Waals surface area contributed by atoms with E-state index in [-0.39, 0.29) is 22.9 Å². The van der Waals surface area contributed by atoms with E-state index in [1.165, 1.54) is 0 Å². The van der Waals surface area contributed by atoms with E-state index in [2.05, 4.69) is 16.0 Å². The zero-order chi connectivity index (χ0) is 10.6. The summed E-state index contributed by atoms with van der Waals surface area (Å²) in [6.45, 7) is 7.21. The van der Waals surface area contributed by atoms with E-state index in [0.717, 1.165) is 0 Å². The summed E-state index contributed by atoms with van der Waals surface area (Å²) in [6, 6.07) is 0. The van der Waals surface area contributed by atoms with Gasteiger partial charge < -0.3 is 0 Å². The first-order chi connectivity index (χ1) is 5.79. The van der Waals surface area contributed by atoms with Crippen LogP contribution in [0.25, 0.3) is 0 Å². The third-order valence-electron chi connectivity index (χ3n) is 2.06. The van der Waals surface area contributed by atoms with Crippen LogP contribution in [0, 0.1) is 11.3 Å². The van der Waals surface area contributed by atoms with Crippen LogP contribution in [0.4, 0.5) is 0 Å². The van der Waals surface area contributed by atoms with Crippen molar-refractivity contribution in [1.82, 2.24) is 0 Å². The molecule has 2 nitrogen and oxygen atoms in total. The number of rotatable bonds is 4. The maximum atomic E-state index is 11.6. The quantitative estimate of drug-likeness (QED) is 0.708. The van der Waals surface area contributed by atoms with Crippen molar-refractivity contribution in [2.24, 2.45) is 11.3 Å². The van der Waals surface area contributed by atoms with Crippen molar-refractivity contribution in [3.05, 3.63) is 0 Å². The van der Waals surface area contributed by atoms with Crippen LogP contribution < -0.4 is 0 Å². The van der Waals surface area contributed by atoms with Crippen molar-refractivity contribution in [3.63, 3.8) is 0 Å². The molecule has 0 saturated carbocycles. The standard InChI is InChI=1S/C10H18O2Se/c1-7(11)8(6-13)5-9(12)10(2,3)4/h8,13H,5-6H2,1-4H3. The Balaban J connectivity index is 4.26. The maximum absolute atomic E-state index is 11.6. The van der Waals surface area contributed by atoms with E-state index < -0.39 is 0 Å². The molecule has 0 amide bonds. The number of carbonyl (C=O) groups excluding carboxylic acids is 2. The van der Waals surface area contributed by atoms with Gasteiger partial charge in [-0.1, -0.05) is 0 Å². The summed E-state index contributed by atoms with van der Waals surface area (Å²) in [5.41, 5.74) is -0.324. The fourth-order valence-corrected chi connectivity index (χ4v) is 1.68. The van der Waals surface area contributed by atoms with Crippen LogP contribution >= 0.6 is 0 Å². The predicted octanol–water partition coefficient (Wildman–Crippen LogP) is 1.52. The molecule has 0 radical (unpaired) electrons. The van der Waals surface area contributed by atoms with Gasteiger partial charge in [-0.05, 0) is 0 Å². The van der Waals surface area contributed by atoms with E-state index in [4.69, 9.17) is 0 Å². The van der Waals surface area contributed by atoms with Crippen molar-refractivity contribution in [2.75, 3.05) is 0 Å². The van der Waals surface area contributed by atoms with Crippen LogP contribution in [0.3, 0.4) is 0 Å². The molecule has 0 aromatic carbocycles. The molecule has 1 atom stereocenters. The third-order valence-corrected chi connectivity index (χ3v) is 2.99. The molecule has 0 saturated heterocycles. The monoisotopic (exact) mass is 250 g/mol. The summed E-state index contributed by atoms with van der Waals surface area (Å²) in [5.74, 6) is 0.170. The Morgan fingerprint density at radius 3 is 2.00 bits per heavy atom. The molecule has 0 aromatic rings. The molecule has 13 heavy (non-hydrogen) atoms. The second-order valence-corrected chi connectivity index (χ2v) is 5.13. The first kappa shape index (κ1) is 12.9. The normalized spacial score (nSPS) is 13.9. The van der Waals surface area contributed by atoms with Gasteiger partial charge in [0.05, 0.1) is 0 Å². The minimum atomic E-state index is -0.324. The first-order valence-corrected chi connectivity index (χ1v) is 5.76. The van der Waals surface area contributed by atoms with E-state index in [9.17, 15) is 9.59 Å². The fraction of sp³-hybridized carbons (Fsp3) is 0.800. The Bertz CT molecular complexity index is 203. The van der Waals surface area contributed by atoms with Gasteiger partial charge in [0.1, 0.15) is 0 Å².